The summed E-state index contributed by atoms with van der Waals surface area (Å²) in [5, 5.41) is 3.52. The molecule has 7 nitrogen and oxygen atoms in total. The van der Waals surface area contributed by atoms with Crippen molar-refractivity contribution in [1.82, 2.24) is 4.98 Å². The lowest BCUT2D eigenvalue weighted by atomic mass is 10.1. The van der Waals surface area contributed by atoms with E-state index in [0.29, 0.717) is 59.7 Å². The van der Waals surface area contributed by atoms with Gasteiger partial charge in [-0.05, 0) is 61.6 Å². The quantitative estimate of drug-likeness (QED) is 0.502. The number of Topliss-reactive ketones (excluding diaryl/α,β-unsaturated/α-hetero) is 1. The van der Waals surface area contributed by atoms with Crippen LogP contribution in [0.1, 0.15) is 44.1 Å². The number of halogens is 1. The summed E-state index contributed by atoms with van der Waals surface area (Å²) < 4.78 is 0. The van der Waals surface area contributed by atoms with Gasteiger partial charge in [0.2, 0.25) is 0 Å². The summed E-state index contributed by atoms with van der Waals surface area (Å²) in [6.45, 7) is 3.12. The average Bonchev–Trinajstić information content (AvgIpc) is 3.62. The number of aliphatic imine (C=N–C) groups is 1. The van der Waals surface area contributed by atoms with Crippen molar-refractivity contribution in [3.05, 3.63) is 58.9 Å². The zero-order chi connectivity index (χ0) is 22.7. The summed E-state index contributed by atoms with van der Waals surface area (Å²) in [4.78, 5) is 35.8. The van der Waals surface area contributed by atoms with Crippen LogP contribution in [0.3, 0.4) is 0 Å². The number of piperidine rings is 1. The highest BCUT2D eigenvalue weighted by Crippen LogP contribution is 2.44. The van der Waals surface area contributed by atoms with Crippen LogP contribution in [0.5, 0.6) is 0 Å². The SMILES string of the molecule is CC(=Nc1ccc(Cl)cc1)C(=CN)C(=O)Nc1cnc(N2CCC(=O)CC2)c(C2CC2)c1. The molecule has 1 aliphatic carbocycles. The lowest BCUT2D eigenvalue weighted by Crippen LogP contribution is -2.35. The van der Waals surface area contributed by atoms with Gasteiger partial charge in [-0.15, -0.1) is 0 Å². The van der Waals surface area contributed by atoms with E-state index >= 15 is 0 Å². The maximum Gasteiger partial charge on any atom is 0.259 e. The van der Waals surface area contributed by atoms with Crippen molar-refractivity contribution in [2.45, 2.75) is 38.5 Å². The van der Waals surface area contributed by atoms with E-state index in [9.17, 15) is 9.59 Å². The lowest BCUT2D eigenvalue weighted by Gasteiger charge is -2.29. The minimum Gasteiger partial charge on any atom is -0.404 e. The molecule has 2 heterocycles. The highest BCUT2D eigenvalue weighted by atomic mass is 35.5. The summed E-state index contributed by atoms with van der Waals surface area (Å²) in [5.41, 5.74) is 8.96. The normalized spacial score (nSPS) is 17.4. The number of benzene rings is 1. The monoisotopic (exact) mass is 451 g/mol. The van der Waals surface area contributed by atoms with Gasteiger partial charge in [-0.1, -0.05) is 11.6 Å². The molecule has 1 aromatic carbocycles. The van der Waals surface area contributed by atoms with Gasteiger partial charge in [0.05, 0.1) is 28.9 Å². The van der Waals surface area contributed by atoms with Crippen LogP contribution >= 0.6 is 11.6 Å². The van der Waals surface area contributed by atoms with E-state index in [0.717, 1.165) is 24.2 Å². The molecule has 0 radical (unpaired) electrons. The fraction of sp³-hybridized carbons (Fsp3) is 0.333. The Balaban J connectivity index is 1.51. The second-order valence-electron chi connectivity index (χ2n) is 8.14. The van der Waals surface area contributed by atoms with E-state index in [-0.39, 0.29) is 11.5 Å². The van der Waals surface area contributed by atoms with Gasteiger partial charge < -0.3 is 16.0 Å². The van der Waals surface area contributed by atoms with Crippen LogP contribution in [-0.2, 0) is 9.59 Å². The van der Waals surface area contributed by atoms with Crippen molar-refractivity contribution in [3.8, 4) is 0 Å². The van der Waals surface area contributed by atoms with E-state index in [2.05, 4.69) is 20.2 Å². The lowest BCUT2D eigenvalue weighted by molar-refractivity contribution is -0.119. The average molecular weight is 452 g/mol. The number of nitrogens with two attached hydrogens (primary N) is 1. The predicted octanol–water partition coefficient (Wildman–Crippen LogP) is 4.36. The van der Waals surface area contributed by atoms with Crippen LogP contribution in [0, 0.1) is 0 Å². The standard InChI is InChI=1S/C24H26ClN5O2/c1-15(28-18-6-4-17(25)5-7-18)22(13-26)24(32)29-19-12-21(16-2-3-16)23(27-14-19)30-10-8-20(31)9-11-30/h4-7,12-14,16H,2-3,8-11,26H2,1H3,(H,29,32). The van der Waals surface area contributed by atoms with Gasteiger partial charge in [-0.25, -0.2) is 4.98 Å². The van der Waals surface area contributed by atoms with Crippen molar-refractivity contribution < 1.29 is 9.59 Å². The second kappa shape index (κ2) is 9.53. The van der Waals surface area contributed by atoms with Crippen molar-refractivity contribution in [3.63, 3.8) is 0 Å². The molecule has 1 saturated carbocycles. The number of amides is 1. The van der Waals surface area contributed by atoms with Gasteiger partial charge in [0.25, 0.3) is 5.91 Å². The third-order valence-corrected chi connectivity index (χ3v) is 5.97. The Kier molecular flexibility index (Phi) is 6.55. The molecule has 4 rings (SSSR count). The number of rotatable bonds is 6. The van der Waals surface area contributed by atoms with Gasteiger partial charge in [0.15, 0.2) is 0 Å². The summed E-state index contributed by atoms with van der Waals surface area (Å²) in [6.07, 6.45) is 6.26. The van der Waals surface area contributed by atoms with Crippen LogP contribution < -0.4 is 16.0 Å². The number of aromatic nitrogens is 1. The van der Waals surface area contributed by atoms with Crippen LogP contribution in [0.15, 0.2) is 53.3 Å². The predicted molar refractivity (Wildman–Crippen MR) is 128 cm³/mol. The number of carbonyl (C=O) groups excluding carboxylic acids is 2. The Labute approximate surface area is 192 Å². The molecule has 8 heteroatoms. The van der Waals surface area contributed by atoms with Crippen molar-refractivity contribution in [2.24, 2.45) is 10.7 Å². The Morgan fingerprint density at radius 2 is 1.94 bits per heavy atom. The van der Waals surface area contributed by atoms with Crippen molar-refractivity contribution in [2.75, 3.05) is 23.3 Å². The summed E-state index contributed by atoms with van der Waals surface area (Å²) >= 11 is 5.92. The van der Waals surface area contributed by atoms with Gasteiger partial charge >= 0.3 is 0 Å². The molecule has 2 fully saturated rings. The van der Waals surface area contributed by atoms with Gasteiger partial charge in [0.1, 0.15) is 11.6 Å². The number of nitrogens with zero attached hydrogens (tertiary/aromatic N) is 3. The highest BCUT2D eigenvalue weighted by Gasteiger charge is 2.30. The number of hydrogen-bond acceptors (Lipinski definition) is 6. The van der Waals surface area contributed by atoms with E-state index in [4.69, 9.17) is 17.3 Å². The van der Waals surface area contributed by atoms with Gasteiger partial charge in [0, 0.05) is 37.2 Å². The molecular weight excluding hydrogens is 426 g/mol. The Morgan fingerprint density at radius 1 is 1.25 bits per heavy atom. The maximum absolute atomic E-state index is 12.9. The number of hydrogen-bond donors (Lipinski definition) is 2. The summed E-state index contributed by atoms with van der Waals surface area (Å²) in [6, 6.07) is 9.02. The molecule has 0 unspecified atom stereocenters. The molecule has 2 aliphatic rings. The highest BCUT2D eigenvalue weighted by molar-refractivity contribution is 6.30. The number of anilines is 2. The summed E-state index contributed by atoms with van der Waals surface area (Å²) in [7, 11) is 0. The Bertz CT molecular complexity index is 1080. The second-order valence-corrected chi connectivity index (χ2v) is 8.58. The molecule has 0 spiro atoms. The molecule has 0 bridgehead atoms. The van der Waals surface area contributed by atoms with Crippen LogP contribution in [0.25, 0.3) is 0 Å². The van der Waals surface area contributed by atoms with E-state index < -0.39 is 0 Å². The third kappa shape index (κ3) is 5.16. The number of pyridine rings is 1. The van der Waals surface area contributed by atoms with Crippen molar-refractivity contribution in [1.29, 1.82) is 0 Å². The van der Waals surface area contributed by atoms with E-state index in [1.54, 1.807) is 37.4 Å². The smallest absolute Gasteiger partial charge is 0.259 e. The first-order chi connectivity index (χ1) is 15.4. The molecular formula is C24H26ClN5O2. The minimum atomic E-state index is -0.345. The van der Waals surface area contributed by atoms with Crippen LogP contribution in [0.4, 0.5) is 17.2 Å². The molecule has 2 aromatic rings. The number of ketones is 1. The van der Waals surface area contributed by atoms with E-state index in [1.165, 1.54) is 6.20 Å². The topological polar surface area (TPSA) is 101 Å². The van der Waals surface area contributed by atoms with Crippen LogP contribution in [0.2, 0.25) is 5.02 Å². The molecule has 1 saturated heterocycles. The Morgan fingerprint density at radius 3 is 2.56 bits per heavy atom. The largest absolute Gasteiger partial charge is 0.404 e. The first-order valence-electron chi connectivity index (χ1n) is 10.8. The minimum absolute atomic E-state index is 0.284. The molecule has 1 aromatic heterocycles. The van der Waals surface area contributed by atoms with E-state index in [1.807, 2.05) is 6.07 Å². The van der Waals surface area contributed by atoms with Gasteiger partial charge in [-0.3, -0.25) is 14.6 Å². The molecule has 0 atom stereocenters. The first-order valence-corrected chi connectivity index (χ1v) is 11.1. The molecule has 3 N–H and O–H groups in total. The maximum atomic E-state index is 12.9. The van der Waals surface area contributed by atoms with Crippen molar-refractivity contribution >= 4 is 46.2 Å². The molecule has 1 aliphatic heterocycles. The zero-order valence-corrected chi connectivity index (χ0v) is 18.7. The number of carbonyl (C=O) groups is 2. The molecule has 32 heavy (non-hydrogen) atoms. The molecule has 166 valence electrons. The number of nitrogens with one attached hydrogen (secondary N) is 1. The zero-order valence-electron chi connectivity index (χ0n) is 18.0. The third-order valence-electron chi connectivity index (χ3n) is 5.72. The molecule has 1 amide bonds. The van der Waals surface area contributed by atoms with Crippen LogP contribution in [-0.4, -0.2) is 35.5 Å². The first kappa shape index (κ1) is 22.0. The fourth-order valence-electron chi connectivity index (χ4n) is 3.80. The Hall–Kier alpha value is -3.19. The van der Waals surface area contributed by atoms with Gasteiger partial charge in [-0.2, -0.15) is 0 Å². The summed E-state index contributed by atoms with van der Waals surface area (Å²) in [5.74, 6) is 1.33. The fourth-order valence-corrected chi connectivity index (χ4v) is 3.92.